The summed E-state index contributed by atoms with van der Waals surface area (Å²) in [7, 11) is 0. The number of hydrogen-bond acceptors (Lipinski definition) is 3. The van der Waals surface area contributed by atoms with Gasteiger partial charge in [0.15, 0.2) is 0 Å². The number of rotatable bonds is 4. The van der Waals surface area contributed by atoms with E-state index in [0.29, 0.717) is 6.42 Å². The lowest BCUT2D eigenvalue weighted by atomic mass is 9.91. The number of nitrogens with zero attached hydrogens (tertiary/aromatic N) is 2. The predicted octanol–water partition coefficient (Wildman–Crippen LogP) is 5.03. The zero-order valence-electron chi connectivity index (χ0n) is 19.3. The summed E-state index contributed by atoms with van der Waals surface area (Å²) in [6.45, 7) is 13.5. The van der Waals surface area contributed by atoms with Gasteiger partial charge in [-0.25, -0.2) is 4.79 Å². The smallest absolute Gasteiger partial charge is 0.323 e. The summed E-state index contributed by atoms with van der Waals surface area (Å²) in [5.74, 6) is 0.237. The van der Waals surface area contributed by atoms with Gasteiger partial charge in [0.05, 0.1) is 0 Å². The Morgan fingerprint density at radius 1 is 0.839 bits per heavy atom. The van der Waals surface area contributed by atoms with Crippen molar-refractivity contribution in [3.8, 4) is 0 Å². The lowest BCUT2D eigenvalue weighted by molar-refractivity contribution is -0.133. The summed E-state index contributed by atoms with van der Waals surface area (Å²) in [5, 5.41) is 5.75. The van der Waals surface area contributed by atoms with Gasteiger partial charge in [-0.1, -0.05) is 26.8 Å². The normalized spacial score (nSPS) is 14.4. The molecule has 3 rings (SSSR count). The number of urea groups is 1. The van der Waals surface area contributed by atoms with Gasteiger partial charge in [0.25, 0.3) is 0 Å². The van der Waals surface area contributed by atoms with Crippen molar-refractivity contribution in [3.05, 3.63) is 53.6 Å². The van der Waals surface area contributed by atoms with Gasteiger partial charge in [0.2, 0.25) is 5.91 Å². The van der Waals surface area contributed by atoms with E-state index in [0.717, 1.165) is 48.8 Å². The third-order valence-electron chi connectivity index (χ3n) is 5.57. The maximum Gasteiger partial charge on any atom is 0.323 e. The third kappa shape index (κ3) is 6.48. The van der Waals surface area contributed by atoms with E-state index in [1.54, 1.807) is 0 Å². The first-order valence-electron chi connectivity index (χ1n) is 10.9. The number of piperazine rings is 1. The molecule has 31 heavy (non-hydrogen) atoms. The predicted molar refractivity (Wildman–Crippen MR) is 128 cm³/mol. The minimum atomic E-state index is -0.262. The van der Waals surface area contributed by atoms with Gasteiger partial charge in [0, 0.05) is 49.7 Å². The molecule has 166 valence electrons. The molecular weight excluding hydrogens is 388 g/mol. The zero-order chi connectivity index (χ0) is 22.6. The Morgan fingerprint density at radius 3 is 2.00 bits per heavy atom. The quantitative estimate of drug-likeness (QED) is 0.726. The number of amides is 3. The van der Waals surface area contributed by atoms with Gasteiger partial charge in [0.1, 0.15) is 0 Å². The molecule has 1 aliphatic rings. The van der Waals surface area contributed by atoms with Crippen molar-refractivity contribution in [2.45, 2.75) is 41.0 Å². The molecule has 0 unspecified atom stereocenters. The Morgan fingerprint density at radius 2 is 1.42 bits per heavy atom. The lowest BCUT2D eigenvalue weighted by Crippen LogP contribution is -2.49. The largest absolute Gasteiger partial charge is 0.368 e. The molecule has 1 fully saturated rings. The van der Waals surface area contributed by atoms with Crippen molar-refractivity contribution < 1.29 is 9.59 Å². The molecule has 0 radical (unpaired) electrons. The minimum Gasteiger partial charge on any atom is -0.368 e. The molecule has 6 heteroatoms. The minimum absolute atomic E-state index is 0.0155. The Labute approximate surface area is 185 Å². The molecule has 1 heterocycles. The fraction of sp³-hybridized carbons (Fsp3) is 0.440. The molecule has 2 aromatic carbocycles. The molecular formula is C25H34N4O2. The molecule has 2 N–H and O–H groups in total. The average Bonchev–Trinajstić information content (AvgIpc) is 2.70. The molecule has 2 aromatic rings. The summed E-state index contributed by atoms with van der Waals surface area (Å²) >= 11 is 0. The molecule has 1 aliphatic heterocycles. The SMILES string of the molecule is Cc1ccc(NC(=O)Nc2ccc(N3CCN(C(=O)CC(C)(C)C)CC3)cc2)cc1C. The van der Waals surface area contributed by atoms with E-state index in [1.807, 2.05) is 61.2 Å². The Balaban J connectivity index is 1.50. The Bertz CT molecular complexity index is 924. The van der Waals surface area contributed by atoms with Crippen LogP contribution in [0.25, 0.3) is 0 Å². The molecule has 0 atom stereocenters. The van der Waals surface area contributed by atoms with Crippen molar-refractivity contribution >= 4 is 29.0 Å². The van der Waals surface area contributed by atoms with E-state index < -0.39 is 0 Å². The van der Waals surface area contributed by atoms with Crippen LogP contribution in [-0.2, 0) is 4.79 Å². The number of hydrogen-bond donors (Lipinski definition) is 2. The van der Waals surface area contributed by atoms with E-state index >= 15 is 0 Å². The number of carbonyl (C=O) groups is 2. The fourth-order valence-corrected chi connectivity index (χ4v) is 3.65. The summed E-state index contributed by atoms with van der Waals surface area (Å²) < 4.78 is 0. The molecule has 0 aromatic heterocycles. The van der Waals surface area contributed by atoms with Crippen molar-refractivity contribution in [1.82, 2.24) is 4.90 Å². The molecule has 1 saturated heterocycles. The van der Waals surface area contributed by atoms with Gasteiger partial charge in [-0.3, -0.25) is 4.79 Å². The molecule has 0 bridgehead atoms. The number of benzene rings is 2. The maximum atomic E-state index is 12.4. The van der Waals surface area contributed by atoms with E-state index in [4.69, 9.17) is 0 Å². The third-order valence-corrected chi connectivity index (χ3v) is 5.57. The second-order valence-corrected chi connectivity index (χ2v) is 9.53. The van der Waals surface area contributed by atoms with E-state index in [1.165, 1.54) is 5.56 Å². The van der Waals surface area contributed by atoms with Crippen LogP contribution in [0.2, 0.25) is 0 Å². The highest BCUT2D eigenvalue weighted by atomic mass is 16.2. The highest BCUT2D eigenvalue weighted by molar-refractivity contribution is 5.99. The van der Waals surface area contributed by atoms with Crippen LogP contribution in [-0.4, -0.2) is 43.0 Å². The van der Waals surface area contributed by atoms with Gasteiger partial charge >= 0.3 is 6.03 Å². The van der Waals surface area contributed by atoms with Crippen LogP contribution < -0.4 is 15.5 Å². The first-order valence-corrected chi connectivity index (χ1v) is 10.9. The molecule has 0 aliphatic carbocycles. The van der Waals surface area contributed by atoms with Crippen LogP contribution in [0.3, 0.4) is 0 Å². The maximum absolute atomic E-state index is 12.4. The van der Waals surface area contributed by atoms with Crippen LogP contribution in [0.15, 0.2) is 42.5 Å². The lowest BCUT2D eigenvalue weighted by Gasteiger charge is -2.37. The molecule has 6 nitrogen and oxygen atoms in total. The zero-order valence-corrected chi connectivity index (χ0v) is 19.3. The first kappa shape index (κ1) is 22.7. The van der Waals surface area contributed by atoms with Gasteiger partial charge in [-0.15, -0.1) is 0 Å². The van der Waals surface area contributed by atoms with Crippen LogP contribution in [0, 0.1) is 19.3 Å². The summed E-state index contributed by atoms with van der Waals surface area (Å²) in [5.41, 5.74) is 4.97. The number of carbonyl (C=O) groups excluding carboxylic acids is 2. The van der Waals surface area contributed by atoms with Gasteiger partial charge < -0.3 is 20.4 Å². The van der Waals surface area contributed by atoms with Crippen LogP contribution >= 0.6 is 0 Å². The first-order chi connectivity index (χ1) is 14.6. The van der Waals surface area contributed by atoms with Crippen molar-refractivity contribution in [2.75, 3.05) is 41.7 Å². The number of nitrogens with one attached hydrogen (secondary N) is 2. The van der Waals surface area contributed by atoms with Gasteiger partial charge in [-0.2, -0.15) is 0 Å². The monoisotopic (exact) mass is 422 g/mol. The fourth-order valence-electron chi connectivity index (χ4n) is 3.65. The summed E-state index contributed by atoms with van der Waals surface area (Å²) in [4.78, 5) is 29.0. The van der Waals surface area contributed by atoms with Crippen molar-refractivity contribution in [2.24, 2.45) is 5.41 Å². The van der Waals surface area contributed by atoms with Crippen LogP contribution in [0.5, 0.6) is 0 Å². The van der Waals surface area contributed by atoms with E-state index in [2.05, 4.69) is 36.3 Å². The number of anilines is 3. The molecule has 0 spiro atoms. The van der Waals surface area contributed by atoms with E-state index in [-0.39, 0.29) is 17.4 Å². The van der Waals surface area contributed by atoms with E-state index in [9.17, 15) is 9.59 Å². The second kappa shape index (κ2) is 9.41. The van der Waals surface area contributed by atoms with Crippen LogP contribution in [0.4, 0.5) is 21.9 Å². The molecule has 3 amide bonds. The Hall–Kier alpha value is -3.02. The number of aryl methyl sites for hydroxylation is 2. The van der Waals surface area contributed by atoms with Crippen molar-refractivity contribution in [1.29, 1.82) is 0 Å². The second-order valence-electron chi connectivity index (χ2n) is 9.53. The van der Waals surface area contributed by atoms with Crippen molar-refractivity contribution in [3.63, 3.8) is 0 Å². The van der Waals surface area contributed by atoms with Gasteiger partial charge in [-0.05, 0) is 66.8 Å². The topological polar surface area (TPSA) is 64.7 Å². The summed E-state index contributed by atoms with van der Waals surface area (Å²) in [6, 6.07) is 13.4. The Kier molecular flexibility index (Phi) is 6.88. The standard InChI is InChI=1S/C25H34N4O2/c1-18-6-7-21(16-19(18)2)27-24(31)26-20-8-10-22(11-9-20)28-12-14-29(15-13-28)23(30)17-25(3,4)5/h6-11,16H,12-15,17H2,1-5H3,(H2,26,27,31). The van der Waals surface area contributed by atoms with Crippen LogP contribution in [0.1, 0.15) is 38.3 Å². The highest BCUT2D eigenvalue weighted by Gasteiger charge is 2.24. The highest BCUT2D eigenvalue weighted by Crippen LogP contribution is 2.23. The average molecular weight is 423 g/mol. The summed E-state index contributed by atoms with van der Waals surface area (Å²) in [6.07, 6.45) is 0.581. The molecule has 0 saturated carbocycles.